The van der Waals surface area contributed by atoms with Crippen LogP contribution in [0, 0.1) is 5.92 Å². The van der Waals surface area contributed by atoms with Crippen LogP contribution in [0.1, 0.15) is 115 Å². The summed E-state index contributed by atoms with van der Waals surface area (Å²) >= 11 is 0. The van der Waals surface area contributed by atoms with E-state index in [2.05, 4.69) is 63.4 Å². The molecule has 0 heterocycles. The highest BCUT2D eigenvalue weighted by molar-refractivity contribution is 5.89. The fourth-order valence-electron chi connectivity index (χ4n) is 5.90. The number of hydrogen-bond acceptors (Lipinski definition) is 5. The lowest BCUT2D eigenvalue weighted by molar-refractivity contribution is -0.143. The number of esters is 2. The summed E-state index contributed by atoms with van der Waals surface area (Å²) in [5.74, 6) is 0.00326. The Hall–Kier alpha value is -3.18. The molecule has 1 unspecified atom stereocenters. The van der Waals surface area contributed by atoms with E-state index in [1.54, 1.807) is 6.92 Å². The Bertz CT molecular complexity index is 1240. The van der Waals surface area contributed by atoms with Crippen LogP contribution >= 0.6 is 0 Å². The van der Waals surface area contributed by atoms with E-state index in [0.29, 0.717) is 11.5 Å². The number of benzene rings is 2. The number of carbonyl (C=O) groups excluding carboxylic acids is 2. The average Bonchev–Trinajstić information content (AvgIpc) is 3.00. The second kappa shape index (κ2) is 16.0. The molecule has 1 saturated carbocycles. The molecule has 0 radical (unpaired) electrons. The van der Waals surface area contributed by atoms with Gasteiger partial charge in [0.05, 0.1) is 17.1 Å². The van der Waals surface area contributed by atoms with Crippen LogP contribution in [0.25, 0.3) is 11.1 Å². The molecule has 234 valence electrons. The molecular weight excluding hydrogens is 536 g/mol. The molecule has 0 bridgehead atoms. The third-order valence-corrected chi connectivity index (χ3v) is 8.90. The molecule has 43 heavy (non-hydrogen) atoms. The number of rotatable bonds is 15. The Labute approximate surface area is 259 Å². The summed E-state index contributed by atoms with van der Waals surface area (Å²) in [5.41, 5.74) is 4.75. The summed E-state index contributed by atoms with van der Waals surface area (Å²) < 4.78 is 11.0. The van der Waals surface area contributed by atoms with Gasteiger partial charge in [-0.05, 0) is 92.5 Å². The zero-order chi connectivity index (χ0) is 31.6. The predicted molar refractivity (Wildman–Crippen MR) is 175 cm³/mol. The minimum atomic E-state index is -1.39. The summed E-state index contributed by atoms with van der Waals surface area (Å²) in [6.45, 7) is 16.3. The van der Waals surface area contributed by atoms with Gasteiger partial charge in [0, 0.05) is 5.57 Å². The monoisotopic (exact) mass is 588 g/mol. The maximum absolute atomic E-state index is 12.5. The Morgan fingerprint density at radius 2 is 1.56 bits per heavy atom. The first-order chi connectivity index (χ1) is 20.4. The molecule has 1 N–H and O–H groups in total. The molecule has 5 nitrogen and oxygen atoms in total. The molecule has 0 aromatic heterocycles. The van der Waals surface area contributed by atoms with Gasteiger partial charge in [-0.2, -0.15) is 0 Å². The quantitative estimate of drug-likeness (QED) is 0.128. The molecule has 0 spiro atoms. The maximum Gasteiger partial charge on any atom is 0.336 e. The third-order valence-electron chi connectivity index (χ3n) is 8.90. The molecule has 1 atom stereocenters. The van der Waals surface area contributed by atoms with Crippen molar-refractivity contribution in [1.29, 1.82) is 0 Å². The number of ether oxygens (including phenoxy) is 2. The van der Waals surface area contributed by atoms with E-state index in [9.17, 15) is 14.7 Å². The molecule has 5 heteroatoms. The van der Waals surface area contributed by atoms with Crippen molar-refractivity contribution in [3.63, 3.8) is 0 Å². The number of hydrogen-bond donors (Lipinski definition) is 1. The van der Waals surface area contributed by atoms with Crippen molar-refractivity contribution in [1.82, 2.24) is 0 Å². The fraction of sp³-hybridized carbons (Fsp3) is 0.526. The van der Waals surface area contributed by atoms with Crippen LogP contribution in [0.3, 0.4) is 0 Å². The van der Waals surface area contributed by atoms with E-state index >= 15 is 0 Å². The van der Waals surface area contributed by atoms with Crippen molar-refractivity contribution in [2.45, 2.75) is 110 Å². The van der Waals surface area contributed by atoms with E-state index < -0.39 is 17.5 Å². The number of aliphatic hydroxyl groups is 1. The van der Waals surface area contributed by atoms with Gasteiger partial charge in [0.15, 0.2) is 0 Å². The summed E-state index contributed by atoms with van der Waals surface area (Å²) in [7, 11) is 0. The van der Waals surface area contributed by atoms with Crippen molar-refractivity contribution < 1.29 is 24.2 Å². The Kier molecular flexibility index (Phi) is 12.8. The van der Waals surface area contributed by atoms with Gasteiger partial charge in [0.1, 0.15) is 13.2 Å². The van der Waals surface area contributed by atoms with Gasteiger partial charge >= 0.3 is 11.9 Å². The predicted octanol–water partition coefficient (Wildman–Crippen LogP) is 8.84. The van der Waals surface area contributed by atoms with Gasteiger partial charge in [0.2, 0.25) is 0 Å². The van der Waals surface area contributed by atoms with E-state index in [-0.39, 0.29) is 24.7 Å². The molecule has 2 aromatic rings. The van der Waals surface area contributed by atoms with Crippen LogP contribution in [0.2, 0.25) is 0 Å². The minimum absolute atomic E-state index is 0.0184. The van der Waals surface area contributed by atoms with Gasteiger partial charge in [0.25, 0.3) is 0 Å². The molecule has 0 amide bonds. The molecule has 1 aliphatic carbocycles. The van der Waals surface area contributed by atoms with Gasteiger partial charge in [-0.3, -0.25) is 0 Å². The lowest BCUT2D eigenvalue weighted by Crippen LogP contribution is -2.29. The summed E-state index contributed by atoms with van der Waals surface area (Å²) in [6, 6.07) is 15.3. The Morgan fingerprint density at radius 1 is 0.930 bits per heavy atom. The number of carbonyl (C=O) groups is 2. The summed E-state index contributed by atoms with van der Waals surface area (Å²) in [5, 5.41) is 10.1. The lowest BCUT2D eigenvalue weighted by Gasteiger charge is -2.29. The Morgan fingerprint density at radius 3 is 2.12 bits per heavy atom. The highest BCUT2D eigenvalue weighted by Crippen LogP contribution is 2.38. The van der Waals surface area contributed by atoms with Crippen molar-refractivity contribution in [3.8, 4) is 11.1 Å². The highest BCUT2D eigenvalue weighted by Gasteiger charge is 2.27. The SMILES string of the molecule is C=C(C)C(=O)OCC(COC(=O)C(=C)C(C)(C)O)c1ccc(-c2ccc(C3CCC(CCCCC)CC3)cc2)c(CC)c1. The number of unbranched alkanes of at least 4 members (excludes halogenated alkanes) is 2. The molecule has 2 aromatic carbocycles. The van der Waals surface area contributed by atoms with Crippen LogP contribution in [0.5, 0.6) is 0 Å². The van der Waals surface area contributed by atoms with Crippen LogP contribution in [0.4, 0.5) is 0 Å². The first-order valence-corrected chi connectivity index (χ1v) is 16.1. The molecule has 3 rings (SSSR count). The summed E-state index contributed by atoms with van der Waals surface area (Å²) in [4.78, 5) is 24.7. The smallest absolute Gasteiger partial charge is 0.336 e. The van der Waals surface area contributed by atoms with E-state index in [1.807, 2.05) is 6.07 Å². The van der Waals surface area contributed by atoms with E-state index in [4.69, 9.17) is 9.47 Å². The van der Waals surface area contributed by atoms with Crippen LogP contribution in [0.15, 0.2) is 66.8 Å². The van der Waals surface area contributed by atoms with Crippen LogP contribution in [-0.4, -0.2) is 35.9 Å². The number of aryl methyl sites for hydroxylation is 1. The van der Waals surface area contributed by atoms with E-state index in [1.165, 1.54) is 87.5 Å². The van der Waals surface area contributed by atoms with Crippen molar-refractivity contribution in [2.24, 2.45) is 5.92 Å². The topological polar surface area (TPSA) is 72.8 Å². The van der Waals surface area contributed by atoms with Crippen LogP contribution in [-0.2, 0) is 25.5 Å². The molecule has 0 saturated heterocycles. The standard InChI is InChI=1S/C38H52O5/c1-8-10-11-12-28-13-15-30(16-14-28)31-17-19-32(20-18-31)35-22-21-33(23-29(35)9-2)34(24-42-36(39)26(3)4)25-43-37(40)27(5)38(6,7)41/h17-23,28,30,34,41H,3,5,8-16,24-25H2,1-2,4,6-7H3. The highest BCUT2D eigenvalue weighted by atomic mass is 16.5. The van der Waals surface area contributed by atoms with Crippen molar-refractivity contribution >= 4 is 11.9 Å². The normalized spacial score (nSPS) is 17.6. The second-order valence-corrected chi connectivity index (χ2v) is 12.8. The van der Waals surface area contributed by atoms with Crippen molar-refractivity contribution in [2.75, 3.05) is 13.2 Å². The fourth-order valence-corrected chi connectivity index (χ4v) is 5.90. The molecular formula is C38H52O5. The zero-order valence-corrected chi connectivity index (χ0v) is 27.0. The average molecular weight is 589 g/mol. The van der Waals surface area contributed by atoms with Gasteiger partial charge < -0.3 is 14.6 Å². The largest absolute Gasteiger partial charge is 0.462 e. The second-order valence-electron chi connectivity index (χ2n) is 12.8. The molecule has 1 aliphatic rings. The Balaban J connectivity index is 1.74. The van der Waals surface area contributed by atoms with Gasteiger partial charge in [-0.25, -0.2) is 9.59 Å². The van der Waals surface area contributed by atoms with Crippen LogP contribution < -0.4 is 0 Å². The van der Waals surface area contributed by atoms with Gasteiger partial charge in [-0.15, -0.1) is 0 Å². The molecule has 1 fully saturated rings. The maximum atomic E-state index is 12.5. The molecule has 0 aliphatic heterocycles. The van der Waals surface area contributed by atoms with E-state index in [0.717, 1.165) is 17.9 Å². The first kappa shape index (κ1) is 34.3. The zero-order valence-electron chi connectivity index (χ0n) is 27.0. The third kappa shape index (κ3) is 9.92. The van der Waals surface area contributed by atoms with Gasteiger partial charge in [-0.1, -0.05) is 95.2 Å². The van der Waals surface area contributed by atoms with Crippen molar-refractivity contribution in [3.05, 3.63) is 83.5 Å². The lowest BCUT2D eigenvalue weighted by atomic mass is 9.77. The summed E-state index contributed by atoms with van der Waals surface area (Å²) in [6.07, 6.45) is 11.5. The first-order valence-electron chi connectivity index (χ1n) is 16.1. The minimum Gasteiger partial charge on any atom is -0.462 e.